The summed E-state index contributed by atoms with van der Waals surface area (Å²) in [6, 6.07) is 7.00. The Morgan fingerprint density at radius 2 is 2.06 bits per heavy atom. The van der Waals surface area contributed by atoms with Crippen LogP contribution in [0.5, 0.6) is 0 Å². The van der Waals surface area contributed by atoms with Gasteiger partial charge in [0.15, 0.2) is 0 Å². The highest BCUT2D eigenvalue weighted by molar-refractivity contribution is 5.80. The van der Waals surface area contributed by atoms with Gasteiger partial charge in [-0.2, -0.15) is 0 Å². The number of benzene rings is 1. The molecule has 1 fully saturated rings. The molecule has 0 spiro atoms. The SMILES string of the molecule is Cc1ccccc1[C@@H]1CC(=O)CC[C@H]1[N+](=O)[O-]. The van der Waals surface area contributed by atoms with Crippen LogP contribution in [0.25, 0.3) is 0 Å². The predicted octanol–water partition coefficient (Wildman–Crippen LogP) is 2.48. The molecule has 2 atom stereocenters. The second-order valence-corrected chi connectivity index (χ2v) is 4.60. The van der Waals surface area contributed by atoms with E-state index in [4.69, 9.17) is 0 Å². The quantitative estimate of drug-likeness (QED) is 0.582. The van der Waals surface area contributed by atoms with Gasteiger partial charge in [0.2, 0.25) is 6.04 Å². The van der Waals surface area contributed by atoms with Crippen molar-refractivity contribution in [3.05, 3.63) is 45.5 Å². The first-order valence-electron chi connectivity index (χ1n) is 5.80. The first-order chi connectivity index (χ1) is 8.09. The van der Waals surface area contributed by atoms with Crippen LogP contribution in [0.1, 0.15) is 36.3 Å². The van der Waals surface area contributed by atoms with Crippen LogP contribution in [0.2, 0.25) is 0 Å². The average molecular weight is 233 g/mol. The minimum absolute atomic E-state index is 0.136. The molecule has 1 aromatic rings. The highest BCUT2D eigenvalue weighted by atomic mass is 16.6. The van der Waals surface area contributed by atoms with Gasteiger partial charge in [-0.3, -0.25) is 14.9 Å². The minimum atomic E-state index is -0.617. The van der Waals surface area contributed by atoms with Crippen LogP contribution in [0.15, 0.2) is 24.3 Å². The zero-order valence-corrected chi connectivity index (χ0v) is 9.76. The lowest BCUT2D eigenvalue weighted by atomic mass is 9.78. The molecule has 0 amide bonds. The van der Waals surface area contributed by atoms with Gasteiger partial charge in [-0.05, 0) is 18.1 Å². The van der Waals surface area contributed by atoms with Gasteiger partial charge in [-0.25, -0.2) is 0 Å². The van der Waals surface area contributed by atoms with Gasteiger partial charge >= 0.3 is 0 Å². The maximum Gasteiger partial charge on any atom is 0.220 e. The van der Waals surface area contributed by atoms with E-state index in [1.807, 2.05) is 31.2 Å². The molecule has 0 saturated heterocycles. The van der Waals surface area contributed by atoms with Crippen molar-refractivity contribution in [2.75, 3.05) is 0 Å². The van der Waals surface area contributed by atoms with Crippen LogP contribution < -0.4 is 0 Å². The van der Waals surface area contributed by atoms with Crippen molar-refractivity contribution in [1.29, 1.82) is 0 Å². The van der Waals surface area contributed by atoms with E-state index in [1.54, 1.807) is 0 Å². The monoisotopic (exact) mass is 233 g/mol. The fraction of sp³-hybridized carbons (Fsp3) is 0.462. The van der Waals surface area contributed by atoms with E-state index in [2.05, 4.69) is 0 Å². The number of hydrogen-bond acceptors (Lipinski definition) is 3. The standard InChI is InChI=1S/C13H15NO3/c1-9-4-2-3-5-11(9)12-8-10(15)6-7-13(12)14(16)17/h2-5,12-13H,6-8H2,1H3/t12-,13+/m0/s1. The van der Waals surface area contributed by atoms with Crippen LogP contribution in [0.3, 0.4) is 0 Å². The molecular weight excluding hydrogens is 218 g/mol. The molecule has 4 nitrogen and oxygen atoms in total. The van der Waals surface area contributed by atoms with E-state index in [-0.39, 0.29) is 16.6 Å². The van der Waals surface area contributed by atoms with Crippen LogP contribution in [-0.2, 0) is 4.79 Å². The summed E-state index contributed by atoms with van der Waals surface area (Å²) in [5.74, 6) is -0.121. The van der Waals surface area contributed by atoms with E-state index >= 15 is 0 Å². The summed E-state index contributed by atoms with van der Waals surface area (Å²) in [5.41, 5.74) is 1.97. The minimum Gasteiger partial charge on any atom is -0.300 e. The zero-order valence-electron chi connectivity index (χ0n) is 9.76. The van der Waals surface area contributed by atoms with E-state index in [0.717, 1.165) is 11.1 Å². The fourth-order valence-corrected chi connectivity index (χ4v) is 2.57. The van der Waals surface area contributed by atoms with Crippen LogP contribution in [0.4, 0.5) is 0 Å². The Kier molecular flexibility index (Phi) is 3.22. The van der Waals surface area contributed by atoms with Gasteiger partial charge in [0.25, 0.3) is 0 Å². The summed E-state index contributed by atoms with van der Waals surface area (Å²) in [5, 5.41) is 11.1. The van der Waals surface area contributed by atoms with Crippen LogP contribution in [-0.4, -0.2) is 16.7 Å². The number of rotatable bonds is 2. The molecule has 0 aromatic heterocycles. The Bertz CT molecular complexity index is 456. The summed E-state index contributed by atoms with van der Waals surface area (Å²) >= 11 is 0. The van der Waals surface area contributed by atoms with Gasteiger partial charge in [0, 0.05) is 24.2 Å². The van der Waals surface area contributed by atoms with Crippen molar-refractivity contribution in [1.82, 2.24) is 0 Å². The summed E-state index contributed by atoms with van der Waals surface area (Å²) in [6.45, 7) is 1.94. The molecule has 2 rings (SSSR count). The summed E-state index contributed by atoms with van der Waals surface area (Å²) in [4.78, 5) is 22.3. The zero-order chi connectivity index (χ0) is 12.4. The molecular formula is C13H15NO3. The number of ketones is 1. The second kappa shape index (κ2) is 4.65. The van der Waals surface area contributed by atoms with Gasteiger partial charge in [0.05, 0.1) is 5.92 Å². The maximum atomic E-state index is 11.5. The molecule has 1 aliphatic carbocycles. The third kappa shape index (κ3) is 2.35. The molecule has 0 bridgehead atoms. The van der Waals surface area contributed by atoms with Crippen molar-refractivity contribution >= 4 is 5.78 Å². The highest BCUT2D eigenvalue weighted by Gasteiger charge is 2.38. The molecule has 1 saturated carbocycles. The van der Waals surface area contributed by atoms with Crippen molar-refractivity contribution in [2.45, 2.75) is 38.1 Å². The molecule has 90 valence electrons. The summed E-state index contributed by atoms with van der Waals surface area (Å²) in [7, 11) is 0. The Morgan fingerprint density at radius 3 is 2.71 bits per heavy atom. The summed E-state index contributed by atoms with van der Waals surface area (Å²) in [6.07, 6.45) is 1.01. The topological polar surface area (TPSA) is 60.2 Å². The third-order valence-electron chi connectivity index (χ3n) is 3.49. The molecule has 0 radical (unpaired) electrons. The first-order valence-corrected chi connectivity index (χ1v) is 5.80. The van der Waals surface area contributed by atoms with Gasteiger partial charge in [0.1, 0.15) is 5.78 Å². The number of carbonyl (C=O) groups excluding carboxylic acids is 1. The smallest absolute Gasteiger partial charge is 0.220 e. The lowest BCUT2D eigenvalue weighted by molar-refractivity contribution is -0.528. The maximum absolute atomic E-state index is 11.5. The Morgan fingerprint density at radius 1 is 1.35 bits per heavy atom. The number of Topliss-reactive ketones (excluding diaryl/α,β-unsaturated/α-hetero) is 1. The van der Waals surface area contributed by atoms with Gasteiger partial charge in [-0.1, -0.05) is 24.3 Å². The molecule has 0 N–H and O–H groups in total. The molecule has 4 heteroatoms. The highest BCUT2D eigenvalue weighted by Crippen LogP contribution is 2.34. The van der Waals surface area contributed by atoms with Crippen molar-refractivity contribution < 1.29 is 9.72 Å². The molecule has 1 aliphatic rings. The summed E-state index contributed by atoms with van der Waals surface area (Å²) < 4.78 is 0. The number of hydrogen-bond donors (Lipinski definition) is 0. The normalized spacial score (nSPS) is 24.6. The van der Waals surface area contributed by atoms with Gasteiger partial charge < -0.3 is 0 Å². The van der Waals surface area contributed by atoms with E-state index in [0.29, 0.717) is 19.3 Å². The van der Waals surface area contributed by atoms with E-state index in [9.17, 15) is 14.9 Å². The Labute approximate surface area is 99.8 Å². The van der Waals surface area contributed by atoms with Gasteiger partial charge in [-0.15, -0.1) is 0 Å². The Balaban J connectivity index is 2.35. The van der Waals surface area contributed by atoms with E-state index in [1.165, 1.54) is 0 Å². The molecule has 1 aromatic carbocycles. The first kappa shape index (κ1) is 11.8. The fourth-order valence-electron chi connectivity index (χ4n) is 2.57. The number of nitrogens with zero attached hydrogens (tertiary/aromatic N) is 1. The Hall–Kier alpha value is -1.71. The second-order valence-electron chi connectivity index (χ2n) is 4.60. The third-order valence-corrected chi connectivity index (χ3v) is 3.49. The van der Waals surface area contributed by atoms with E-state index < -0.39 is 6.04 Å². The largest absolute Gasteiger partial charge is 0.300 e. The number of aryl methyl sites for hydroxylation is 1. The number of carbonyl (C=O) groups is 1. The lowest BCUT2D eigenvalue weighted by Gasteiger charge is -2.26. The molecule has 0 aliphatic heterocycles. The predicted molar refractivity (Wildman–Crippen MR) is 63.6 cm³/mol. The lowest BCUT2D eigenvalue weighted by Crippen LogP contribution is -2.34. The van der Waals surface area contributed by atoms with Crippen LogP contribution in [0, 0.1) is 17.0 Å². The van der Waals surface area contributed by atoms with Crippen LogP contribution >= 0.6 is 0 Å². The van der Waals surface area contributed by atoms with Crippen molar-refractivity contribution in [3.8, 4) is 0 Å². The molecule has 17 heavy (non-hydrogen) atoms. The molecule has 0 unspecified atom stereocenters. The average Bonchev–Trinajstić information content (AvgIpc) is 2.29. The van der Waals surface area contributed by atoms with Crippen molar-refractivity contribution in [2.24, 2.45) is 0 Å². The number of nitro groups is 1. The van der Waals surface area contributed by atoms with Crippen molar-refractivity contribution in [3.63, 3.8) is 0 Å². The molecule has 0 heterocycles.